The van der Waals surface area contributed by atoms with Gasteiger partial charge in [-0.05, 0) is 18.9 Å². The zero-order chi connectivity index (χ0) is 14.9. The normalized spacial score (nSPS) is 10.4. The van der Waals surface area contributed by atoms with Gasteiger partial charge in [-0.25, -0.2) is 4.79 Å². The Morgan fingerprint density at radius 1 is 0.900 bits per heavy atom. The molecule has 20 heavy (non-hydrogen) atoms. The highest BCUT2D eigenvalue weighted by molar-refractivity contribution is 5.86. The average molecular weight is 278 g/mol. The molecular formula is C18H30O2. The molecule has 0 amide bonds. The molecular weight excluding hydrogens is 248 g/mol. The SMILES string of the molecule is CCCCCCCCCCCCCC=CC#CC(=O)O. The lowest BCUT2D eigenvalue weighted by Crippen LogP contribution is -1.85. The molecule has 0 aromatic heterocycles. The molecule has 2 heteroatoms. The summed E-state index contributed by atoms with van der Waals surface area (Å²) in [6, 6.07) is 0. The fourth-order valence-electron chi connectivity index (χ4n) is 2.17. The standard InChI is InChI=1S/C18H30O2/c1-2-3-4-5-6-7-8-9-10-11-12-13-14-15-16-17-18(19)20/h14-15H,2-13H2,1H3,(H,19,20). The molecule has 0 aliphatic heterocycles. The summed E-state index contributed by atoms with van der Waals surface area (Å²) in [6.45, 7) is 2.26. The van der Waals surface area contributed by atoms with E-state index in [2.05, 4.69) is 18.8 Å². The van der Waals surface area contributed by atoms with Gasteiger partial charge >= 0.3 is 5.97 Å². The minimum atomic E-state index is -1.07. The van der Waals surface area contributed by atoms with Crippen molar-refractivity contribution in [3.8, 4) is 11.8 Å². The molecule has 0 saturated heterocycles. The van der Waals surface area contributed by atoms with Crippen molar-refractivity contribution in [2.75, 3.05) is 0 Å². The van der Waals surface area contributed by atoms with Crippen LogP contribution in [-0.2, 0) is 4.79 Å². The van der Waals surface area contributed by atoms with Gasteiger partial charge in [-0.1, -0.05) is 83.1 Å². The molecule has 1 N–H and O–H groups in total. The van der Waals surface area contributed by atoms with Gasteiger partial charge in [-0.15, -0.1) is 0 Å². The Kier molecular flexibility index (Phi) is 14.9. The van der Waals surface area contributed by atoms with Gasteiger partial charge in [0.25, 0.3) is 0 Å². The van der Waals surface area contributed by atoms with E-state index in [1.54, 1.807) is 6.08 Å². The smallest absolute Gasteiger partial charge is 0.382 e. The topological polar surface area (TPSA) is 37.3 Å². The maximum absolute atomic E-state index is 10.1. The minimum absolute atomic E-state index is 1.01. The Morgan fingerprint density at radius 2 is 1.40 bits per heavy atom. The third-order valence-corrected chi connectivity index (χ3v) is 3.35. The van der Waals surface area contributed by atoms with Gasteiger partial charge < -0.3 is 5.11 Å². The molecule has 0 aliphatic rings. The lowest BCUT2D eigenvalue weighted by molar-refractivity contribution is -0.130. The summed E-state index contributed by atoms with van der Waals surface area (Å²) in [4.78, 5) is 10.1. The van der Waals surface area contributed by atoms with Crippen molar-refractivity contribution in [3.05, 3.63) is 12.2 Å². The van der Waals surface area contributed by atoms with Gasteiger partial charge in [-0.2, -0.15) is 0 Å². The number of carboxylic acid groups (broad SMARTS) is 1. The van der Waals surface area contributed by atoms with Crippen LogP contribution in [0, 0.1) is 11.8 Å². The van der Waals surface area contributed by atoms with Crippen LogP contribution in [0.4, 0.5) is 0 Å². The minimum Gasteiger partial charge on any atom is -0.472 e. The Hall–Kier alpha value is -1.23. The van der Waals surface area contributed by atoms with E-state index in [4.69, 9.17) is 5.11 Å². The summed E-state index contributed by atoms with van der Waals surface area (Å²) in [6.07, 6.45) is 19.5. The second-order valence-electron chi connectivity index (χ2n) is 5.30. The van der Waals surface area contributed by atoms with Gasteiger partial charge in [0, 0.05) is 5.92 Å². The summed E-state index contributed by atoms with van der Waals surface area (Å²) < 4.78 is 0. The lowest BCUT2D eigenvalue weighted by Gasteiger charge is -2.01. The molecule has 0 radical (unpaired) electrons. The van der Waals surface area contributed by atoms with E-state index >= 15 is 0 Å². The number of hydrogen-bond donors (Lipinski definition) is 1. The number of carbonyl (C=O) groups is 1. The van der Waals surface area contributed by atoms with Crippen molar-refractivity contribution in [1.29, 1.82) is 0 Å². The van der Waals surface area contributed by atoms with Crippen LogP contribution in [0.15, 0.2) is 12.2 Å². The van der Waals surface area contributed by atoms with E-state index in [0.717, 1.165) is 6.42 Å². The second kappa shape index (κ2) is 15.8. The summed E-state index contributed by atoms with van der Waals surface area (Å²) in [5.41, 5.74) is 0. The number of allylic oxidation sites excluding steroid dienone is 2. The van der Waals surface area contributed by atoms with Crippen LogP contribution in [0.5, 0.6) is 0 Å². The molecule has 0 saturated carbocycles. The molecule has 0 heterocycles. The van der Waals surface area contributed by atoms with Gasteiger partial charge in [0.15, 0.2) is 0 Å². The zero-order valence-corrected chi connectivity index (χ0v) is 13.0. The molecule has 0 aliphatic carbocycles. The first-order chi connectivity index (χ1) is 9.77. The highest BCUT2D eigenvalue weighted by Gasteiger charge is 1.92. The van der Waals surface area contributed by atoms with Gasteiger partial charge in [0.2, 0.25) is 0 Å². The molecule has 0 aromatic rings. The highest BCUT2D eigenvalue weighted by atomic mass is 16.4. The number of carboxylic acids is 1. The van der Waals surface area contributed by atoms with Crippen molar-refractivity contribution in [2.24, 2.45) is 0 Å². The molecule has 114 valence electrons. The fourth-order valence-corrected chi connectivity index (χ4v) is 2.17. The zero-order valence-electron chi connectivity index (χ0n) is 13.0. The van der Waals surface area contributed by atoms with Gasteiger partial charge in [-0.3, -0.25) is 0 Å². The summed E-state index contributed by atoms with van der Waals surface area (Å²) in [7, 11) is 0. The van der Waals surface area contributed by atoms with Crippen LogP contribution >= 0.6 is 0 Å². The molecule has 2 nitrogen and oxygen atoms in total. The van der Waals surface area contributed by atoms with Crippen LogP contribution in [0.25, 0.3) is 0 Å². The monoisotopic (exact) mass is 278 g/mol. The first kappa shape index (κ1) is 18.8. The second-order valence-corrected chi connectivity index (χ2v) is 5.30. The summed E-state index contributed by atoms with van der Waals surface area (Å²) >= 11 is 0. The van der Waals surface area contributed by atoms with Crippen LogP contribution in [0.3, 0.4) is 0 Å². The molecule has 0 fully saturated rings. The van der Waals surface area contributed by atoms with E-state index in [1.807, 2.05) is 6.08 Å². The van der Waals surface area contributed by atoms with E-state index < -0.39 is 5.97 Å². The Morgan fingerprint density at radius 3 is 1.90 bits per heavy atom. The number of aliphatic carboxylic acids is 1. The maximum atomic E-state index is 10.1. The van der Waals surface area contributed by atoms with Crippen LogP contribution in [-0.4, -0.2) is 11.1 Å². The average Bonchev–Trinajstić information content (AvgIpc) is 2.43. The van der Waals surface area contributed by atoms with E-state index in [0.29, 0.717) is 0 Å². The molecule has 0 atom stereocenters. The maximum Gasteiger partial charge on any atom is 0.382 e. The Labute approximate surface area is 124 Å². The Balaban J connectivity index is 3.14. The van der Waals surface area contributed by atoms with Crippen molar-refractivity contribution in [3.63, 3.8) is 0 Å². The third-order valence-electron chi connectivity index (χ3n) is 3.35. The lowest BCUT2D eigenvalue weighted by atomic mass is 10.1. The van der Waals surface area contributed by atoms with Crippen molar-refractivity contribution in [2.45, 2.75) is 84.0 Å². The first-order valence-electron chi connectivity index (χ1n) is 8.17. The van der Waals surface area contributed by atoms with Gasteiger partial charge in [0.1, 0.15) is 0 Å². The molecule has 0 aromatic carbocycles. The summed E-state index contributed by atoms with van der Waals surface area (Å²) in [5.74, 6) is 3.50. The predicted octanol–water partition coefficient (Wildman–Crippen LogP) is 5.33. The summed E-state index contributed by atoms with van der Waals surface area (Å²) in [5, 5.41) is 8.31. The van der Waals surface area contributed by atoms with Crippen LogP contribution in [0.1, 0.15) is 84.0 Å². The molecule has 0 rings (SSSR count). The first-order valence-corrected chi connectivity index (χ1v) is 8.17. The molecule has 0 unspecified atom stereocenters. The number of hydrogen-bond acceptors (Lipinski definition) is 1. The van der Waals surface area contributed by atoms with Crippen molar-refractivity contribution in [1.82, 2.24) is 0 Å². The predicted molar refractivity (Wildman–Crippen MR) is 85.6 cm³/mol. The molecule has 0 bridgehead atoms. The van der Waals surface area contributed by atoms with Crippen LogP contribution < -0.4 is 0 Å². The van der Waals surface area contributed by atoms with E-state index in [9.17, 15) is 4.79 Å². The fraction of sp³-hybridized carbons (Fsp3) is 0.722. The Bertz CT molecular complexity index is 307. The van der Waals surface area contributed by atoms with E-state index in [-0.39, 0.29) is 0 Å². The van der Waals surface area contributed by atoms with Gasteiger partial charge in [0.05, 0.1) is 0 Å². The van der Waals surface area contributed by atoms with Crippen molar-refractivity contribution < 1.29 is 9.90 Å². The van der Waals surface area contributed by atoms with Crippen LogP contribution in [0.2, 0.25) is 0 Å². The van der Waals surface area contributed by atoms with Crippen molar-refractivity contribution >= 4 is 5.97 Å². The number of unbranched alkanes of at least 4 members (excludes halogenated alkanes) is 11. The highest BCUT2D eigenvalue weighted by Crippen LogP contribution is 2.11. The molecule has 0 spiro atoms. The quantitative estimate of drug-likeness (QED) is 0.387. The number of rotatable bonds is 12. The third kappa shape index (κ3) is 16.8. The largest absolute Gasteiger partial charge is 0.472 e. The van der Waals surface area contributed by atoms with E-state index in [1.165, 1.54) is 70.6 Å².